The normalized spacial score (nSPS) is 19.4. The van der Waals surface area contributed by atoms with Gasteiger partial charge in [0.05, 0.1) is 0 Å². The first-order valence-corrected chi connectivity index (χ1v) is 7.54. The molecule has 0 saturated carbocycles. The highest BCUT2D eigenvalue weighted by atomic mass is 79.9. The first-order valence-electron chi connectivity index (χ1n) is 6.74. The van der Waals surface area contributed by atoms with Gasteiger partial charge in [-0.15, -0.1) is 0 Å². The molecule has 0 aliphatic carbocycles. The smallest absolute Gasteiger partial charge is 0.250 e. The highest BCUT2D eigenvalue weighted by Gasteiger charge is 2.33. The van der Waals surface area contributed by atoms with E-state index in [1.54, 1.807) is 4.90 Å². The average Bonchev–Trinajstić information content (AvgIpc) is 2.31. The van der Waals surface area contributed by atoms with Crippen molar-refractivity contribution in [2.75, 3.05) is 11.4 Å². The number of aryl methyl sites for hydroxylation is 1. The van der Waals surface area contributed by atoms with Crippen LogP contribution in [0.15, 0.2) is 22.7 Å². The second kappa shape index (κ2) is 5.95. The number of hydrogen-bond acceptors (Lipinski definition) is 2. The lowest BCUT2D eigenvalue weighted by atomic mass is 10.0. The number of halogens is 1. The first-order chi connectivity index (χ1) is 9.36. The first kappa shape index (κ1) is 15.0. The van der Waals surface area contributed by atoms with Crippen molar-refractivity contribution >= 4 is 33.4 Å². The van der Waals surface area contributed by atoms with Crippen LogP contribution in [0.2, 0.25) is 0 Å². The summed E-state index contributed by atoms with van der Waals surface area (Å²) in [5.41, 5.74) is 1.82. The summed E-state index contributed by atoms with van der Waals surface area (Å²) >= 11 is 3.43. The van der Waals surface area contributed by atoms with Crippen LogP contribution in [0.3, 0.4) is 0 Å². The van der Waals surface area contributed by atoms with E-state index in [0.717, 1.165) is 15.7 Å². The molecular weight excluding hydrogens is 320 g/mol. The number of amides is 2. The van der Waals surface area contributed by atoms with Crippen molar-refractivity contribution in [3.63, 3.8) is 0 Å². The SMILES string of the molecule is Cc1cc(Br)cc(N2CC(=O)NC(CC(C)C)C2=O)c1. The van der Waals surface area contributed by atoms with E-state index in [4.69, 9.17) is 0 Å². The summed E-state index contributed by atoms with van der Waals surface area (Å²) < 4.78 is 0.909. The fourth-order valence-electron chi connectivity index (χ4n) is 2.43. The van der Waals surface area contributed by atoms with Crippen molar-refractivity contribution in [2.45, 2.75) is 33.2 Å². The predicted octanol–water partition coefficient (Wildman–Crippen LogP) is 2.64. The predicted molar refractivity (Wildman–Crippen MR) is 82.6 cm³/mol. The number of piperazine rings is 1. The summed E-state index contributed by atoms with van der Waals surface area (Å²) in [5, 5.41) is 2.78. The molecule has 1 aromatic rings. The number of anilines is 1. The molecule has 1 unspecified atom stereocenters. The molecule has 1 aromatic carbocycles. The maximum atomic E-state index is 12.5. The maximum Gasteiger partial charge on any atom is 0.250 e. The van der Waals surface area contributed by atoms with Crippen molar-refractivity contribution in [1.29, 1.82) is 0 Å². The van der Waals surface area contributed by atoms with Crippen molar-refractivity contribution in [1.82, 2.24) is 5.32 Å². The molecular formula is C15H19BrN2O2. The number of benzene rings is 1. The Morgan fingerprint density at radius 3 is 2.65 bits per heavy atom. The number of nitrogens with zero attached hydrogens (tertiary/aromatic N) is 1. The molecule has 1 aliphatic rings. The van der Waals surface area contributed by atoms with Crippen LogP contribution in [0.25, 0.3) is 0 Å². The third kappa shape index (κ3) is 3.39. The van der Waals surface area contributed by atoms with E-state index in [0.29, 0.717) is 12.3 Å². The molecule has 1 fully saturated rings. The van der Waals surface area contributed by atoms with Gasteiger partial charge >= 0.3 is 0 Å². The molecule has 0 aromatic heterocycles. The Balaban J connectivity index is 2.29. The Labute approximate surface area is 127 Å². The quantitative estimate of drug-likeness (QED) is 0.920. The van der Waals surface area contributed by atoms with E-state index in [-0.39, 0.29) is 18.4 Å². The minimum Gasteiger partial charge on any atom is -0.343 e. The zero-order chi connectivity index (χ0) is 14.9. The second-order valence-corrected chi connectivity index (χ2v) is 6.58. The van der Waals surface area contributed by atoms with Crippen molar-refractivity contribution in [3.8, 4) is 0 Å². The molecule has 0 radical (unpaired) electrons. The number of hydrogen-bond donors (Lipinski definition) is 1. The van der Waals surface area contributed by atoms with Crippen molar-refractivity contribution < 1.29 is 9.59 Å². The summed E-state index contributed by atoms with van der Waals surface area (Å²) in [4.78, 5) is 25.9. The minimum atomic E-state index is -0.421. The Hall–Kier alpha value is -1.36. The third-order valence-electron chi connectivity index (χ3n) is 3.25. The van der Waals surface area contributed by atoms with Gasteiger partial charge in [-0.25, -0.2) is 0 Å². The molecule has 1 saturated heterocycles. The Kier molecular flexibility index (Phi) is 4.48. The van der Waals surface area contributed by atoms with Gasteiger partial charge in [-0.1, -0.05) is 29.8 Å². The molecule has 0 spiro atoms. The summed E-state index contributed by atoms with van der Waals surface area (Å²) in [6, 6.07) is 5.35. The van der Waals surface area contributed by atoms with Gasteiger partial charge in [0.1, 0.15) is 12.6 Å². The number of rotatable bonds is 3. The number of carbonyl (C=O) groups is 2. The van der Waals surface area contributed by atoms with Gasteiger partial charge in [0.2, 0.25) is 11.8 Å². The lowest BCUT2D eigenvalue weighted by Crippen LogP contribution is -2.58. The van der Waals surface area contributed by atoms with Crippen molar-refractivity contribution in [2.24, 2.45) is 5.92 Å². The van der Waals surface area contributed by atoms with Gasteiger partial charge in [-0.3, -0.25) is 9.59 Å². The molecule has 4 nitrogen and oxygen atoms in total. The Bertz CT molecular complexity index is 522. The summed E-state index contributed by atoms with van der Waals surface area (Å²) in [6.07, 6.45) is 0.661. The van der Waals surface area contributed by atoms with Crippen molar-refractivity contribution in [3.05, 3.63) is 28.2 Å². The van der Waals surface area contributed by atoms with E-state index in [2.05, 4.69) is 21.2 Å². The molecule has 1 aliphatic heterocycles. The molecule has 2 amide bonds. The molecule has 5 heteroatoms. The van der Waals surface area contributed by atoms with Crippen LogP contribution >= 0.6 is 15.9 Å². The molecule has 0 bridgehead atoms. The minimum absolute atomic E-state index is 0.0317. The monoisotopic (exact) mass is 338 g/mol. The van der Waals surface area contributed by atoms with Gasteiger partial charge < -0.3 is 10.2 Å². The van der Waals surface area contributed by atoms with E-state index < -0.39 is 6.04 Å². The highest BCUT2D eigenvalue weighted by molar-refractivity contribution is 9.10. The summed E-state index contributed by atoms with van der Waals surface area (Å²) in [6.45, 7) is 6.14. The Morgan fingerprint density at radius 2 is 2.05 bits per heavy atom. The van der Waals surface area contributed by atoms with Crippen LogP contribution in [0.5, 0.6) is 0 Å². The molecule has 108 valence electrons. The van der Waals surface area contributed by atoms with Gasteiger partial charge in [0.15, 0.2) is 0 Å². The van der Waals surface area contributed by atoms with Crippen LogP contribution in [0, 0.1) is 12.8 Å². The van der Waals surface area contributed by atoms with Gasteiger partial charge in [-0.2, -0.15) is 0 Å². The fraction of sp³-hybridized carbons (Fsp3) is 0.467. The molecule has 1 atom stereocenters. The van der Waals surface area contributed by atoms with Crippen LogP contribution in [0.1, 0.15) is 25.8 Å². The van der Waals surface area contributed by atoms with E-state index in [9.17, 15) is 9.59 Å². The number of nitrogens with one attached hydrogen (secondary N) is 1. The molecule has 2 rings (SSSR count). The second-order valence-electron chi connectivity index (χ2n) is 5.66. The van der Waals surface area contributed by atoms with Gasteiger partial charge in [0, 0.05) is 10.2 Å². The lowest BCUT2D eigenvalue weighted by molar-refractivity contribution is -0.131. The van der Waals surface area contributed by atoms with Gasteiger partial charge in [-0.05, 0) is 43.0 Å². The third-order valence-corrected chi connectivity index (χ3v) is 3.70. The van der Waals surface area contributed by atoms with Gasteiger partial charge in [0.25, 0.3) is 0 Å². The highest BCUT2D eigenvalue weighted by Crippen LogP contribution is 2.25. The van der Waals surface area contributed by atoms with Crippen LogP contribution in [0.4, 0.5) is 5.69 Å². The molecule has 1 N–H and O–H groups in total. The molecule has 1 heterocycles. The average molecular weight is 339 g/mol. The topological polar surface area (TPSA) is 49.4 Å². The largest absolute Gasteiger partial charge is 0.343 e. The van der Waals surface area contributed by atoms with E-state index in [1.807, 2.05) is 39.0 Å². The summed E-state index contributed by atoms with van der Waals surface area (Å²) in [5.74, 6) is 0.220. The number of carbonyl (C=O) groups excluding carboxylic acids is 2. The molecule has 20 heavy (non-hydrogen) atoms. The maximum absolute atomic E-state index is 12.5. The van der Waals surface area contributed by atoms with Crippen LogP contribution < -0.4 is 10.2 Å². The van der Waals surface area contributed by atoms with E-state index in [1.165, 1.54) is 0 Å². The zero-order valence-electron chi connectivity index (χ0n) is 11.9. The Morgan fingerprint density at radius 1 is 1.35 bits per heavy atom. The summed E-state index contributed by atoms with van der Waals surface area (Å²) in [7, 11) is 0. The van der Waals surface area contributed by atoms with Crippen LogP contribution in [-0.4, -0.2) is 24.4 Å². The zero-order valence-corrected chi connectivity index (χ0v) is 13.5. The van der Waals surface area contributed by atoms with Crippen LogP contribution in [-0.2, 0) is 9.59 Å². The standard InChI is InChI=1S/C15H19BrN2O2/c1-9(2)4-13-15(20)18(8-14(19)17-13)12-6-10(3)5-11(16)7-12/h5-7,9,13H,4,8H2,1-3H3,(H,17,19). The van der Waals surface area contributed by atoms with E-state index >= 15 is 0 Å². The lowest BCUT2D eigenvalue weighted by Gasteiger charge is -2.33. The fourth-order valence-corrected chi connectivity index (χ4v) is 3.03.